The van der Waals surface area contributed by atoms with Crippen molar-refractivity contribution in [3.8, 4) is 0 Å². The third-order valence-corrected chi connectivity index (χ3v) is 4.43. The second kappa shape index (κ2) is 7.06. The van der Waals surface area contributed by atoms with Crippen LogP contribution in [0.15, 0.2) is 18.2 Å². The summed E-state index contributed by atoms with van der Waals surface area (Å²) in [6, 6.07) is 7.32. The molecule has 0 bridgehead atoms. The summed E-state index contributed by atoms with van der Waals surface area (Å²) in [7, 11) is 0. The first kappa shape index (κ1) is 14.5. The Hall–Kier alpha value is -0.860. The van der Waals surface area contributed by atoms with Crippen LogP contribution >= 0.6 is 0 Å². The van der Waals surface area contributed by atoms with E-state index < -0.39 is 0 Å². The Labute approximate surface area is 118 Å². The van der Waals surface area contributed by atoms with Gasteiger partial charge in [0, 0.05) is 12.6 Å². The molecule has 0 amide bonds. The molecule has 1 aromatic rings. The predicted octanol–water partition coefficient (Wildman–Crippen LogP) is 3.27. The molecule has 0 atom stereocenters. The summed E-state index contributed by atoms with van der Waals surface area (Å²) in [5.74, 6) is 0. The summed E-state index contributed by atoms with van der Waals surface area (Å²) < 4.78 is 0. The number of nitrogens with one attached hydrogen (secondary N) is 1. The van der Waals surface area contributed by atoms with Gasteiger partial charge in [-0.25, -0.2) is 0 Å². The maximum absolute atomic E-state index is 3.74. The van der Waals surface area contributed by atoms with Gasteiger partial charge < -0.3 is 10.2 Å². The molecule has 1 aliphatic heterocycles. The summed E-state index contributed by atoms with van der Waals surface area (Å²) >= 11 is 0. The van der Waals surface area contributed by atoms with Crippen LogP contribution in [0.4, 0.5) is 0 Å². The molecule has 0 radical (unpaired) electrons. The first-order valence-corrected chi connectivity index (χ1v) is 7.71. The second-order valence-corrected chi connectivity index (χ2v) is 5.86. The van der Waals surface area contributed by atoms with Crippen molar-refractivity contribution in [2.75, 3.05) is 19.6 Å². The third-order valence-electron chi connectivity index (χ3n) is 4.43. The molecule has 1 saturated heterocycles. The van der Waals surface area contributed by atoms with Gasteiger partial charge in [-0.3, -0.25) is 0 Å². The molecule has 0 aromatic heterocycles. The van der Waals surface area contributed by atoms with Crippen molar-refractivity contribution in [2.45, 2.75) is 52.6 Å². The van der Waals surface area contributed by atoms with Crippen molar-refractivity contribution in [2.24, 2.45) is 0 Å². The van der Waals surface area contributed by atoms with E-state index in [-0.39, 0.29) is 0 Å². The molecule has 2 rings (SSSR count). The highest BCUT2D eigenvalue weighted by molar-refractivity contribution is 5.32. The number of hydrogen-bond acceptors (Lipinski definition) is 2. The van der Waals surface area contributed by atoms with Crippen LogP contribution in [0.2, 0.25) is 0 Å². The van der Waals surface area contributed by atoms with Crippen LogP contribution in [0, 0.1) is 13.8 Å². The Morgan fingerprint density at radius 1 is 1.21 bits per heavy atom. The van der Waals surface area contributed by atoms with Crippen molar-refractivity contribution in [1.29, 1.82) is 0 Å². The molecule has 0 unspecified atom stereocenters. The number of rotatable bonds is 5. The zero-order valence-corrected chi connectivity index (χ0v) is 12.7. The molecule has 0 spiro atoms. The van der Waals surface area contributed by atoms with Crippen LogP contribution in [0.25, 0.3) is 0 Å². The van der Waals surface area contributed by atoms with E-state index in [2.05, 4.69) is 49.2 Å². The molecule has 1 aliphatic rings. The minimum atomic E-state index is 0.702. The predicted molar refractivity (Wildman–Crippen MR) is 82.5 cm³/mol. The average Bonchev–Trinajstić information content (AvgIpc) is 2.42. The van der Waals surface area contributed by atoms with Gasteiger partial charge in [-0.15, -0.1) is 0 Å². The van der Waals surface area contributed by atoms with Crippen LogP contribution < -0.4 is 5.32 Å². The maximum Gasteiger partial charge on any atom is 0.0210 e. The van der Waals surface area contributed by atoms with Crippen LogP contribution in [0.5, 0.6) is 0 Å². The lowest BCUT2D eigenvalue weighted by atomic mass is 10.0. The molecular formula is C17H28N2. The molecule has 2 heteroatoms. The number of piperidine rings is 1. The highest BCUT2D eigenvalue weighted by Gasteiger charge is 2.17. The zero-order chi connectivity index (χ0) is 13.7. The fourth-order valence-corrected chi connectivity index (χ4v) is 2.93. The fraction of sp³-hybridized carbons (Fsp3) is 0.647. The van der Waals surface area contributed by atoms with Gasteiger partial charge in [0.1, 0.15) is 0 Å². The summed E-state index contributed by atoms with van der Waals surface area (Å²) in [6.07, 6.45) is 3.87. The van der Waals surface area contributed by atoms with E-state index in [0.717, 1.165) is 6.54 Å². The first-order chi connectivity index (χ1) is 9.20. The Balaban J connectivity index is 1.79. The number of nitrogens with zero attached hydrogens (tertiary/aromatic N) is 1. The lowest BCUT2D eigenvalue weighted by Crippen LogP contribution is -2.42. The van der Waals surface area contributed by atoms with Gasteiger partial charge in [0.05, 0.1) is 0 Å². The van der Waals surface area contributed by atoms with Crippen LogP contribution in [0.3, 0.4) is 0 Å². The fourth-order valence-electron chi connectivity index (χ4n) is 2.93. The molecule has 106 valence electrons. The highest BCUT2D eigenvalue weighted by atomic mass is 15.1. The molecule has 1 N–H and O–H groups in total. The summed E-state index contributed by atoms with van der Waals surface area (Å²) in [5.41, 5.74) is 4.30. The zero-order valence-electron chi connectivity index (χ0n) is 12.7. The van der Waals surface area contributed by atoms with E-state index >= 15 is 0 Å². The van der Waals surface area contributed by atoms with E-state index in [1.807, 2.05) is 0 Å². The van der Waals surface area contributed by atoms with Gasteiger partial charge in [-0.05, 0) is 69.4 Å². The number of benzene rings is 1. The summed E-state index contributed by atoms with van der Waals surface area (Å²) in [6.45, 7) is 11.5. The van der Waals surface area contributed by atoms with Gasteiger partial charge in [-0.1, -0.05) is 25.1 Å². The van der Waals surface area contributed by atoms with Crippen LogP contribution in [0.1, 0.15) is 42.9 Å². The Bertz CT molecular complexity index is 392. The molecule has 19 heavy (non-hydrogen) atoms. The van der Waals surface area contributed by atoms with Gasteiger partial charge in [-0.2, -0.15) is 0 Å². The smallest absolute Gasteiger partial charge is 0.0210 e. The van der Waals surface area contributed by atoms with Crippen molar-refractivity contribution in [3.63, 3.8) is 0 Å². The van der Waals surface area contributed by atoms with Gasteiger partial charge in [0.25, 0.3) is 0 Å². The minimum Gasteiger partial charge on any atom is -0.310 e. The van der Waals surface area contributed by atoms with Gasteiger partial charge in [0.15, 0.2) is 0 Å². The van der Waals surface area contributed by atoms with E-state index in [1.165, 1.54) is 55.6 Å². The van der Waals surface area contributed by atoms with Crippen molar-refractivity contribution in [3.05, 3.63) is 34.9 Å². The highest BCUT2D eigenvalue weighted by Crippen LogP contribution is 2.15. The van der Waals surface area contributed by atoms with Crippen LogP contribution in [-0.2, 0) is 6.54 Å². The number of aryl methyl sites for hydroxylation is 1. The molecule has 1 fully saturated rings. The average molecular weight is 260 g/mol. The van der Waals surface area contributed by atoms with Crippen LogP contribution in [-0.4, -0.2) is 30.6 Å². The van der Waals surface area contributed by atoms with Crippen molar-refractivity contribution in [1.82, 2.24) is 10.2 Å². The lowest BCUT2D eigenvalue weighted by molar-refractivity contribution is 0.197. The summed E-state index contributed by atoms with van der Waals surface area (Å²) in [4.78, 5) is 2.59. The van der Waals surface area contributed by atoms with Crippen molar-refractivity contribution < 1.29 is 0 Å². The van der Waals surface area contributed by atoms with Gasteiger partial charge >= 0.3 is 0 Å². The first-order valence-electron chi connectivity index (χ1n) is 7.71. The molecule has 0 saturated carbocycles. The van der Waals surface area contributed by atoms with Crippen molar-refractivity contribution >= 4 is 0 Å². The Morgan fingerprint density at radius 2 is 1.95 bits per heavy atom. The van der Waals surface area contributed by atoms with E-state index in [0.29, 0.717) is 6.04 Å². The summed E-state index contributed by atoms with van der Waals surface area (Å²) in [5, 5.41) is 3.74. The van der Waals surface area contributed by atoms with E-state index in [4.69, 9.17) is 0 Å². The SMILES string of the molecule is CCCN1CCC(NCc2cccc(C)c2C)CC1. The minimum absolute atomic E-state index is 0.702. The number of likely N-dealkylation sites (tertiary alicyclic amines) is 1. The van der Waals surface area contributed by atoms with E-state index in [1.54, 1.807) is 0 Å². The maximum atomic E-state index is 3.74. The molecule has 0 aliphatic carbocycles. The quantitative estimate of drug-likeness (QED) is 0.874. The molecular weight excluding hydrogens is 232 g/mol. The molecule has 1 aromatic carbocycles. The van der Waals surface area contributed by atoms with E-state index in [9.17, 15) is 0 Å². The Morgan fingerprint density at radius 3 is 2.63 bits per heavy atom. The lowest BCUT2D eigenvalue weighted by Gasteiger charge is -2.32. The Kier molecular flexibility index (Phi) is 5.41. The monoisotopic (exact) mass is 260 g/mol. The normalized spacial score (nSPS) is 17.8. The standard InChI is InChI=1S/C17H28N2/c1-4-10-19-11-8-17(9-12-19)18-13-16-7-5-6-14(2)15(16)3/h5-7,17-18H,4,8-13H2,1-3H3. The van der Waals surface area contributed by atoms with Gasteiger partial charge in [0.2, 0.25) is 0 Å². The molecule has 2 nitrogen and oxygen atoms in total. The molecule has 1 heterocycles. The topological polar surface area (TPSA) is 15.3 Å². The second-order valence-electron chi connectivity index (χ2n) is 5.86. The largest absolute Gasteiger partial charge is 0.310 e. The third kappa shape index (κ3) is 4.05. The number of hydrogen-bond donors (Lipinski definition) is 1.